The normalized spacial score (nSPS) is 14.3. The van der Waals surface area contributed by atoms with Crippen LogP contribution in [0.3, 0.4) is 0 Å². The van der Waals surface area contributed by atoms with Crippen molar-refractivity contribution in [3.63, 3.8) is 0 Å². The lowest BCUT2D eigenvalue weighted by Gasteiger charge is -2.39. The first kappa shape index (κ1) is 54.3. The second-order valence-corrected chi connectivity index (χ2v) is 21.2. The van der Waals surface area contributed by atoms with E-state index in [1.165, 1.54) is 0 Å². The molecule has 13 heteroatoms. The average molecular weight is 1110 g/mol. The molecule has 0 fully saturated rings. The van der Waals surface area contributed by atoms with Gasteiger partial charge in [-0.1, -0.05) is 219 Å². The Morgan fingerprint density at radius 2 is 0.949 bits per heavy atom. The van der Waals surface area contributed by atoms with Crippen LogP contribution in [0.2, 0.25) is 10.0 Å². The third kappa shape index (κ3) is 10.7. The molecule has 4 heterocycles. The zero-order valence-corrected chi connectivity index (χ0v) is 47.3. The molecule has 0 bridgehead atoms. The molecular weight excluding hydrogens is 1060 g/mol. The number of aryl methyl sites for hydroxylation is 2. The molecule has 0 spiro atoms. The molecule has 0 saturated heterocycles. The Balaban J connectivity index is 0.000000155. The maximum Gasteiger partial charge on any atom is 0.256 e. The molecule has 9 nitrogen and oxygen atoms in total. The number of imidazole rings is 2. The number of aromatic nitrogens is 4. The maximum atomic E-state index is 12.9. The number of amides is 2. The van der Waals surface area contributed by atoms with Crippen molar-refractivity contribution < 1.29 is 14.4 Å². The van der Waals surface area contributed by atoms with Crippen LogP contribution < -0.4 is 21.2 Å². The number of rotatable bonds is 12. The number of aldehydes is 1. The number of para-hydroxylation sites is 2. The van der Waals surface area contributed by atoms with E-state index in [0.717, 1.165) is 84.4 Å². The van der Waals surface area contributed by atoms with Crippen LogP contribution in [-0.4, -0.2) is 37.2 Å². The second kappa shape index (κ2) is 23.9. The number of fused-ring (bicyclic) bond motifs is 2. The van der Waals surface area contributed by atoms with Crippen molar-refractivity contribution in [1.29, 1.82) is 0 Å². The summed E-state index contributed by atoms with van der Waals surface area (Å²) in [4.78, 5) is 45.0. The molecule has 4 atom stereocenters. The minimum Gasteiger partial charge on any atom is -0.326 e. The molecular formula is C66H56Cl2N6O3P2. The number of anilines is 2. The van der Waals surface area contributed by atoms with E-state index in [1.54, 1.807) is 0 Å². The van der Waals surface area contributed by atoms with Gasteiger partial charge in [0.05, 0.1) is 17.7 Å². The van der Waals surface area contributed by atoms with Crippen LogP contribution in [0, 0.1) is 0 Å². The number of carbonyl (C=O) groups excluding carboxylic acids is 3. The summed E-state index contributed by atoms with van der Waals surface area (Å²) in [6.45, 7) is 4.14. The Labute approximate surface area is 475 Å². The van der Waals surface area contributed by atoms with Crippen LogP contribution in [0.15, 0.2) is 219 Å². The molecule has 2 aliphatic heterocycles. The number of nitrogens with zero attached hydrogens (tertiary/aromatic N) is 4. The summed E-state index contributed by atoms with van der Waals surface area (Å²) in [5, 5.41) is 9.22. The highest BCUT2D eigenvalue weighted by atomic mass is 35.5. The summed E-state index contributed by atoms with van der Waals surface area (Å²) in [5.74, 6) is 1.67. The Kier molecular flexibility index (Phi) is 16.4. The molecule has 0 aliphatic carbocycles. The Morgan fingerprint density at radius 3 is 1.44 bits per heavy atom. The Hall–Kier alpha value is -8.03. The van der Waals surface area contributed by atoms with E-state index in [0.29, 0.717) is 46.3 Å². The fraction of sp³-hybridized carbons (Fsp3) is 0.106. The van der Waals surface area contributed by atoms with Crippen molar-refractivity contribution in [2.45, 2.75) is 44.2 Å². The monoisotopic (exact) mass is 1110 g/mol. The number of carbonyl (C=O) groups is 3. The highest BCUT2D eigenvalue weighted by Gasteiger charge is 2.43. The maximum absolute atomic E-state index is 12.9. The number of hydrogen-bond acceptors (Lipinski definition) is 5. The molecule has 10 aromatic rings. The molecule has 8 aromatic carbocycles. The lowest BCUT2D eigenvalue weighted by molar-refractivity contribution is -0.115. The zero-order valence-electron chi connectivity index (χ0n) is 43.5. The first-order valence-electron chi connectivity index (χ1n) is 25.9. The van der Waals surface area contributed by atoms with Gasteiger partial charge >= 0.3 is 0 Å². The van der Waals surface area contributed by atoms with Gasteiger partial charge in [0.25, 0.3) is 5.91 Å². The van der Waals surface area contributed by atoms with Crippen LogP contribution in [-0.2, 0) is 39.9 Å². The van der Waals surface area contributed by atoms with Gasteiger partial charge in [0, 0.05) is 63.3 Å². The van der Waals surface area contributed by atoms with E-state index in [-0.39, 0.29) is 11.8 Å². The van der Waals surface area contributed by atoms with Gasteiger partial charge in [0.1, 0.15) is 28.4 Å². The van der Waals surface area contributed by atoms with Crippen molar-refractivity contribution in [3.05, 3.63) is 296 Å². The van der Waals surface area contributed by atoms with E-state index in [4.69, 9.17) is 28.2 Å². The van der Waals surface area contributed by atoms with Gasteiger partial charge in [-0.25, -0.2) is 9.97 Å². The SMILES string of the molecule is CCc1nc(/C=C2/C(=O)Nc3ccccc32)cn1C(c1ccccc1)(c1ccc(P)cc1)c1ccccc1Cl.CCc1nc(C=O)cn1C(c1ccccc1)(c1ccc(P)cc1)c1ccccc1Cl.O=C1Cc2ccccc2N1. The van der Waals surface area contributed by atoms with Crippen molar-refractivity contribution in [3.8, 4) is 0 Å². The van der Waals surface area contributed by atoms with Gasteiger partial charge in [0.15, 0.2) is 6.29 Å². The van der Waals surface area contributed by atoms with Crippen molar-refractivity contribution in [1.82, 2.24) is 19.1 Å². The number of benzene rings is 8. The van der Waals surface area contributed by atoms with Gasteiger partial charge in [-0.05, 0) is 68.8 Å². The first-order chi connectivity index (χ1) is 38.5. The molecule has 2 aliphatic rings. The predicted molar refractivity (Wildman–Crippen MR) is 328 cm³/mol. The van der Waals surface area contributed by atoms with Crippen LogP contribution in [0.25, 0.3) is 11.6 Å². The topological polar surface area (TPSA) is 111 Å². The van der Waals surface area contributed by atoms with Gasteiger partial charge in [0.2, 0.25) is 5.91 Å². The third-order valence-corrected chi connectivity index (χ3v) is 15.7. The van der Waals surface area contributed by atoms with Crippen molar-refractivity contribution >= 4 is 93.4 Å². The van der Waals surface area contributed by atoms with E-state index >= 15 is 0 Å². The summed E-state index contributed by atoms with van der Waals surface area (Å²) in [7, 11) is 5.49. The number of halogens is 2. The standard InChI is InChI=1S/C33H27ClN3OP.C25H22ClN2OP.C8H7NO/c1-2-31-35-24(20-27-26-12-6-9-15-30(26)36-32(27)38)21-37(31)33(22-10-4-3-5-11-22,23-16-18-25(39)19-17-23)28-13-7-8-14-29(28)34;1-2-24-27-20(17-29)16-28(24)25(18-8-4-3-5-9-18,19-12-14-21(30)15-13-19)22-10-6-7-11-23(22)26;10-8-5-6-3-1-2-4-7(6)9-8/h3-21H,2,39H2,1H3,(H,36,38);3-17H,2,30H2,1H3;1-4H,5H2,(H,9,10)/b27-20+;;. The largest absolute Gasteiger partial charge is 0.326 e. The molecule has 12 rings (SSSR count). The second-order valence-electron chi connectivity index (χ2n) is 19.0. The molecule has 0 radical (unpaired) electrons. The Bertz CT molecular complexity index is 3840. The summed E-state index contributed by atoms with van der Waals surface area (Å²) in [6.07, 6.45) is 8.45. The molecule has 4 unspecified atom stereocenters. The van der Waals surface area contributed by atoms with Gasteiger partial charge in [-0.3, -0.25) is 14.4 Å². The zero-order chi connectivity index (χ0) is 55.1. The summed E-state index contributed by atoms with van der Waals surface area (Å²) < 4.78 is 4.33. The summed E-state index contributed by atoms with van der Waals surface area (Å²) >= 11 is 13.8. The average Bonchev–Trinajstić information content (AvgIpc) is 4.49. The minimum absolute atomic E-state index is 0.0983. The fourth-order valence-electron chi connectivity index (χ4n) is 10.8. The van der Waals surface area contributed by atoms with Crippen molar-refractivity contribution in [2.75, 3.05) is 10.6 Å². The molecule has 2 amide bonds. The minimum atomic E-state index is -0.803. The smallest absolute Gasteiger partial charge is 0.256 e. The molecule has 392 valence electrons. The van der Waals surface area contributed by atoms with Gasteiger partial charge < -0.3 is 19.8 Å². The number of nitrogens with one attached hydrogen (secondary N) is 2. The van der Waals surface area contributed by atoms with Crippen LogP contribution in [0.4, 0.5) is 11.4 Å². The quantitative estimate of drug-likeness (QED) is 0.0548. The van der Waals surface area contributed by atoms with E-state index < -0.39 is 11.1 Å². The van der Waals surface area contributed by atoms with Crippen LogP contribution in [0.1, 0.15) is 86.2 Å². The first-order valence-corrected chi connectivity index (χ1v) is 27.9. The van der Waals surface area contributed by atoms with Gasteiger partial charge in [-0.2, -0.15) is 0 Å². The summed E-state index contributed by atoms with van der Waals surface area (Å²) in [5.41, 5.74) is 9.98. The van der Waals surface area contributed by atoms with E-state index in [1.807, 2.05) is 141 Å². The molecule has 2 N–H and O–H groups in total. The summed E-state index contributed by atoms with van der Waals surface area (Å²) in [6, 6.07) is 68.8. The lowest BCUT2D eigenvalue weighted by Crippen LogP contribution is -2.39. The third-order valence-electron chi connectivity index (χ3n) is 14.3. The van der Waals surface area contributed by atoms with Crippen LogP contribution >= 0.6 is 41.7 Å². The molecule has 0 saturated carbocycles. The lowest BCUT2D eigenvalue weighted by atomic mass is 9.76. The molecule has 79 heavy (non-hydrogen) atoms. The van der Waals surface area contributed by atoms with Gasteiger partial charge in [-0.15, -0.1) is 18.5 Å². The highest BCUT2D eigenvalue weighted by Crippen LogP contribution is 2.47. The fourth-order valence-corrected chi connectivity index (χ4v) is 11.7. The predicted octanol–water partition coefficient (Wildman–Crippen LogP) is 13.4. The van der Waals surface area contributed by atoms with E-state index in [9.17, 15) is 14.4 Å². The van der Waals surface area contributed by atoms with Crippen LogP contribution in [0.5, 0.6) is 0 Å². The van der Waals surface area contributed by atoms with Crippen molar-refractivity contribution in [2.24, 2.45) is 0 Å². The highest BCUT2D eigenvalue weighted by molar-refractivity contribution is 7.27. The molecule has 2 aromatic heterocycles. The number of hydrogen-bond donors (Lipinski definition) is 2. The Morgan fingerprint density at radius 1 is 0.519 bits per heavy atom. The van der Waals surface area contributed by atoms with E-state index in [2.05, 4.69) is 141 Å².